The van der Waals surface area contributed by atoms with E-state index in [-0.39, 0.29) is 27.4 Å². The summed E-state index contributed by atoms with van der Waals surface area (Å²) < 4.78 is 14.8. The lowest BCUT2D eigenvalue weighted by atomic mass is 9.96. The molecule has 1 fully saturated rings. The van der Waals surface area contributed by atoms with Crippen molar-refractivity contribution < 1.29 is 9.18 Å². The zero-order valence-corrected chi connectivity index (χ0v) is 20.9. The maximum absolute atomic E-state index is 14.8. The average Bonchev–Trinajstić information content (AvgIpc) is 2.79. The third-order valence-electron chi connectivity index (χ3n) is 5.58. The van der Waals surface area contributed by atoms with Gasteiger partial charge in [0.2, 0.25) is 6.41 Å². The van der Waals surface area contributed by atoms with Crippen LogP contribution in [-0.2, 0) is 4.79 Å². The van der Waals surface area contributed by atoms with Crippen molar-refractivity contribution in [2.75, 3.05) is 51.7 Å². The number of aromatic nitrogens is 1. The number of piperazine rings is 1. The SMILES string of the molecule is C/N=C(\c1cc(Cl)c(-c2c(F)cccc2N=O)nc1N(C=O)CC(C)(C)C)N1CCN(C)CC1. The second kappa shape index (κ2) is 10.6. The summed E-state index contributed by atoms with van der Waals surface area (Å²) in [6, 6.07) is 5.64. The molecule has 34 heavy (non-hydrogen) atoms. The predicted molar refractivity (Wildman–Crippen MR) is 134 cm³/mol. The highest BCUT2D eigenvalue weighted by Gasteiger charge is 2.28. The molecule has 10 heteroatoms. The maximum Gasteiger partial charge on any atom is 0.215 e. The molecule has 2 heterocycles. The van der Waals surface area contributed by atoms with Gasteiger partial charge >= 0.3 is 0 Å². The molecule has 182 valence electrons. The van der Waals surface area contributed by atoms with Gasteiger partial charge in [0.25, 0.3) is 0 Å². The van der Waals surface area contributed by atoms with E-state index in [4.69, 9.17) is 11.6 Å². The highest BCUT2D eigenvalue weighted by molar-refractivity contribution is 6.34. The minimum absolute atomic E-state index is 0.0442. The zero-order chi connectivity index (χ0) is 25.0. The van der Waals surface area contributed by atoms with Gasteiger partial charge in [-0.3, -0.25) is 14.7 Å². The highest BCUT2D eigenvalue weighted by atomic mass is 35.5. The summed E-state index contributed by atoms with van der Waals surface area (Å²) in [4.78, 5) is 38.6. The number of carbonyl (C=O) groups excluding carboxylic acids is 1. The molecule has 0 radical (unpaired) electrons. The largest absolute Gasteiger partial charge is 0.354 e. The van der Waals surface area contributed by atoms with Gasteiger partial charge in [-0.25, -0.2) is 9.37 Å². The number of anilines is 1. The molecule has 0 unspecified atom stereocenters. The van der Waals surface area contributed by atoms with Gasteiger partial charge in [0.05, 0.1) is 21.8 Å². The van der Waals surface area contributed by atoms with Crippen molar-refractivity contribution in [1.82, 2.24) is 14.8 Å². The standard InChI is InChI=1S/C24H30ClFN6O2/c1-24(2,3)14-32(15-33)23-16(22(27-4)31-11-9-30(5)10-12-31)13-17(25)21(28-23)20-18(26)7-6-8-19(20)29-34/h6-8,13,15H,9-12,14H2,1-5H3/b27-22+. The third-order valence-corrected chi connectivity index (χ3v) is 5.87. The van der Waals surface area contributed by atoms with Crippen LogP contribution in [0.5, 0.6) is 0 Å². The molecule has 2 aromatic rings. The Morgan fingerprint density at radius 2 is 1.94 bits per heavy atom. The van der Waals surface area contributed by atoms with Gasteiger partial charge in [0.15, 0.2) is 0 Å². The topological polar surface area (TPSA) is 81.5 Å². The molecule has 1 aliphatic heterocycles. The van der Waals surface area contributed by atoms with Crippen LogP contribution in [0.4, 0.5) is 15.9 Å². The molecule has 1 aromatic heterocycles. The summed E-state index contributed by atoms with van der Waals surface area (Å²) in [6.07, 6.45) is 0.701. The van der Waals surface area contributed by atoms with Crippen molar-refractivity contribution >= 4 is 35.4 Å². The Morgan fingerprint density at radius 1 is 1.26 bits per heavy atom. The van der Waals surface area contributed by atoms with Crippen molar-refractivity contribution in [3.05, 3.63) is 45.6 Å². The number of nitroso groups, excluding NO2 is 1. The number of pyridine rings is 1. The number of amidine groups is 1. The van der Waals surface area contributed by atoms with E-state index in [1.54, 1.807) is 13.1 Å². The van der Waals surface area contributed by atoms with Gasteiger partial charge in [0.1, 0.15) is 23.2 Å². The van der Waals surface area contributed by atoms with Gasteiger partial charge in [-0.1, -0.05) is 38.4 Å². The van der Waals surface area contributed by atoms with E-state index in [1.165, 1.54) is 23.1 Å². The summed E-state index contributed by atoms with van der Waals surface area (Å²) in [6.45, 7) is 9.56. The fraction of sp³-hybridized carbons (Fsp3) is 0.458. The molecular formula is C24H30ClFN6O2. The molecule has 3 rings (SSSR count). The van der Waals surface area contributed by atoms with E-state index >= 15 is 0 Å². The van der Waals surface area contributed by atoms with Gasteiger partial charge in [-0.15, -0.1) is 4.91 Å². The van der Waals surface area contributed by atoms with Gasteiger partial charge in [0, 0.05) is 39.8 Å². The molecule has 8 nitrogen and oxygen atoms in total. The monoisotopic (exact) mass is 488 g/mol. The van der Waals surface area contributed by atoms with Crippen LogP contribution in [0.15, 0.2) is 34.4 Å². The summed E-state index contributed by atoms with van der Waals surface area (Å²) in [5.74, 6) is 0.262. The van der Waals surface area contributed by atoms with Crippen LogP contribution < -0.4 is 4.90 Å². The average molecular weight is 489 g/mol. The molecule has 0 spiro atoms. The smallest absolute Gasteiger partial charge is 0.215 e. The maximum atomic E-state index is 14.8. The first kappa shape index (κ1) is 25.7. The number of amides is 1. The number of likely N-dealkylation sites (N-methyl/N-ethyl adjacent to an activating group) is 1. The second-order valence-electron chi connectivity index (χ2n) is 9.55. The zero-order valence-electron chi connectivity index (χ0n) is 20.2. The number of halogens is 2. The van der Waals surface area contributed by atoms with Crippen LogP contribution in [0.3, 0.4) is 0 Å². The number of nitrogens with zero attached hydrogens (tertiary/aromatic N) is 6. The van der Waals surface area contributed by atoms with Crippen LogP contribution in [0.1, 0.15) is 26.3 Å². The number of aliphatic imine (C=N–C) groups is 1. The van der Waals surface area contributed by atoms with E-state index in [9.17, 15) is 14.1 Å². The fourth-order valence-electron chi connectivity index (χ4n) is 3.98. The van der Waals surface area contributed by atoms with Crippen LogP contribution in [0.2, 0.25) is 5.02 Å². The fourth-order valence-corrected chi connectivity index (χ4v) is 4.23. The van der Waals surface area contributed by atoms with Crippen molar-refractivity contribution in [1.29, 1.82) is 0 Å². The Kier molecular flexibility index (Phi) is 7.99. The van der Waals surface area contributed by atoms with Crippen molar-refractivity contribution in [3.8, 4) is 11.3 Å². The Morgan fingerprint density at radius 3 is 2.50 bits per heavy atom. The van der Waals surface area contributed by atoms with E-state index < -0.39 is 5.82 Å². The van der Waals surface area contributed by atoms with E-state index in [2.05, 4.69) is 32.0 Å². The van der Waals surface area contributed by atoms with E-state index in [1.807, 2.05) is 20.8 Å². The third kappa shape index (κ3) is 5.59. The van der Waals surface area contributed by atoms with Crippen molar-refractivity contribution in [3.63, 3.8) is 0 Å². The van der Waals surface area contributed by atoms with Crippen LogP contribution in [0, 0.1) is 16.1 Å². The number of hydrogen-bond donors (Lipinski definition) is 0. The molecule has 0 saturated carbocycles. The van der Waals surface area contributed by atoms with Crippen LogP contribution >= 0.6 is 11.6 Å². The minimum Gasteiger partial charge on any atom is -0.354 e. The first-order valence-electron chi connectivity index (χ1n) is 11.0. The van der Waals surface area contributed by atoms with E-state index in [0.29, 0.717) is 30.2 Å². The summed E-state index contributed by atoms with van der Waals surface area (Å²) in [5.41, 5.74) is 0.137. The number of rotatable bonds is 6. The molecule has 0 aliphatic carbocycles. The van der Waals surface area contributed by atoms with E-state index in [0.717, 1.165) is 26.2 Å². The quantitative estimate of drug-likeness (QED) is 0.257. The van der Waals surface area contributed by atoms with Crippen LogP contribution in [-0.4, -0.2) is 73.8 Å². The second-order valence-corrected chi connectivity index (χ2v) is 9.95. The molecule has 0 atom stereocenters. The Hall–Kier alpha value is -2.91. The summed E-state index contributed by atoms with van der Waals surface area (Å²) >= 11 is 6.62. The lowest BCUT2D eigenvalue weighted by Crippen LogP contribution is -2.48. The number of benzene rings is 1. The normalized spacial score (nSPS) is 15.4. The first-order valence-corrected chi connectivity index (χ1v) is 11.4. The highest BCUT2D eigenvalue weighted by Crippen LogP contribution is 2.39. The molecule has 1 amide bonds. The predicted octanol–water partition coefficient (Wildman–Crippen LogP) is 4.57. The van der Waals surface area contributed by atoms with Crippen molar-refractivity contribution in [2.24, 2.45) is 15.6 Å². The number of hydrogen-bond acceptors (Lipinski definition) is 6. The number of carbonyl (C=O) groups is 1. The molecule has 1 saturated heterocycles. The summed E-state index contributed by atoms with van der Waals surface area (Å²) in [5, 5.41) is 3.08. The van der Waals surface area contributed by atoms with Crippen molar-refractivity contribution in [2.45, 2.75) is 20.8 Å². The molecule has 0 bridgehead atoms. The Bertz CT molecular complexity index is 1090. The van der Waals surface area contributed by atoms with Crippen LogP contribution in [0.25, 0.3) is 11.3 Å². The van der Waals surface area contributed by atoms with Gasteiger partial charge in [-0.2, -0.15) is 0 Å². The molecule has 1 aromatic carbocycles. The molecular weight excluding hydrogens is 459 g/mol. The van der Waals surface area contributed by atoms with Gasteiger partial charge < -0.3 is 9.80 Å². The molecule has 1 aliphatic rings. The minimum atomic E-state index is -0.679. The Labute approximate surface area is 204 Å². The summed E-state index contributed by atoms with van der Waals surface area (Å²) in [7, 11) is 3.74. The lowest BCUT2D eigenvalue weighted by molar-refractivity contribution is -0.107. The van der Waals surface area contributed by atoms with Gasteiger partial charge in [-0.05, 0) is 35.8 Å². The Balaban J connectivity index is 2.24. The molecule has 0 N–H and O–H groups in total. The first-order chi connectivity index (χ1) is 16.1. The lowest BCUT2D eigenvalue weighted by Gasteiger charge is -2.36.